The summed E-state index contributed by atoms with van der Waals surface area (Å²) in [4.78, 5) is 0. The Kier molecular flexibility index (Phi) is 3.32. The van der Waals surface area contributed by atoms with Crippen molar-refractivity contribution in [3.05, 3.63) is 12.3 Å². The minimum Gasteiger partial charge on any atom is -0.516 e. The lowest BCUT2D eigenvalue weighted by atomic mass is 10.0. The van der Waals surface area contributed by atoms with Gasteiger partial charge in [0.15, 0.2) is 6.04 Å². The topological polar surface area (TPSA) is 23.2 Å². The molecule has 1 rings (SSSR count). The van der Waals surface area contributed by atoms with Crippen LogP contribution in [0.4, 0.5) is 0 Å². The Morgan fingerprint density at radius 1 is 1.50 bits per heavy atom. The number of aliphatic hydroxyl groups excluding tert-OH is 1. The van der Waals surface area contributed by atoms with Crippen LogP contribution in [0.5, 0.6) is 0 Å². The van der Waals surface area contributed by atoms with Crippen molar-refractivity contribution in [3.8, 4) is 0 Å². The molecule has 0 radical (unpaired) electrons. The second kappa shape index (κ2) is 4.29. The molecule has 0 saturated carbocycles. The Bertz CT molecular complexity index is 196. The van der Waals surface area contributed by atoms with Crippen LogP contribution in [0.3, 0.4) is 0 Å². The van der Waals surface area contributed by atoms with Gasteiger partial charge < -0.3 is 5.11 Å². The van der Waals surface area contributed by atoms with E-state index in [0.29, 0.717) is 12.0 Å². The van der Waals surface area contributed by atoms with Crippen LogP contribution in [0.15, 0.2) is 12.3 Å². The van der Waals surface area contributed by atoms with Crippen LogP contribution in [0, 0.1) is 5.92 Å². The third kappa shape index (κ3) is 2.10. The zero-order valence-corrected chi connectivity index (χ0v) is 7.90. The lowest BCUT2D eigenvalue weighted by molar-refractivity contribution is -0.557. The molecule has 2 heteroatoms. The summed E-state index contributed by atoms with van der Waals surface area (Å²) in [7, 11) is 0. The van der Waals surface area contributed by atoms with E-state index in [9.17, 15) is 0 Å². The Hall–Kier alpha value is -0.790. The fraction of sp³-hybridized carbons (Fsp3) is 0.700. The van der Waals surface area contributed by atoms with Crippen molar-refractivity contribution >= 4 is 6.21 Å². The van der Waals surface area contributed by atoms with Gasteiger partial charge in [-0.25, -0.2) is 4.58 Å². The first-order valence-electron chi connectivity index (χ1n) is 4.65. The molecule has 68 valence electrons. The highest BCUT2D eigenvalue weighted by Gasteiger charge is 2.22. The van der Waals surface area contributed by atoms with Crippen LogP contribution in [0.1, 0.15) is 26.7 Å². The molecule has 0 spiro atoms. The van der Waals surface area contributed by atoms with E-state index in [2.05, 4.69) is 24.6 Å². The summed E-state index contributed by atoms with van der Waals surface area (Å²) in [6.45, 7) is 5.50. The minimum absolute atomic E-state index is 0.421. The number of hydrogen-bond acceptors (Lipinski definition) is 1. The Morgan fingerprint density at radius 3 is 2.75 bits per heavy atom. The van der Waals surface area contributed by atoms with Crippen molar-refractivity contribution in [1.82, 2.24) is 0 Å². The fourth-order valence-corrected chi connectivity index (χ4v) is 1.59. The molecule has 1 N–H and O–H groups in total. The predicted octanol–water partition coefficient (Wildman–Crippen LogP) is 1.96. The molecule has 0 bridgehead atoms. The first-order chi connectivity index (χ1) is 5.75. The molecule has 1 aliphatic heterocycles. The molecule has 0 amide bonds. The molecule has 0 aromatic heterocycles. The second-order valence-corrected chi connectivity index (χ2v) is 3.50. The molecule has 0 fully saturated rings. The van der Waals surface area contributed by atoms with Crippen LogP contribution in [0.25, 0.3) is 0 Å². The van der Waals surface area contributed by atoms with Crippen molar-refractivity contribution < 1.29 is 9.68 Å². The van der Waals surface area contributed by atoms with Crippen molar-refractivity contribution in [2.45, 2.75) is 32.7 Å². The summed E-state index contributed by atoms with van der Waals surface area (Å²) in [5.74, 6) is 0.421. The second-order valence-electron chi connectivity index (χ2n) is 3.50. The van der Waals surface area contributed by atoms with Crippen molar-refractivity contribution in [2.24, 2.45) is 5.92 Å². The standard InChI is InChI=1S/C10H17NO/c1-9(5-8-12)10(2)11-6-3-4-7-11/h5-6,8-10H,3-4,7H2,1-2H3/p+1/b8-5+/t9-,10-/m0/s1. The highest BCUT2D eigenvalue weighted by atomic mass is 16.2. The largest absolute Gasteiger partial charge is 0.516 e. The summed E-state index contributed by atoms with van der Waals surface area (Å²) in [5, 5.41) is 8.62. The fourth-order valence-electron chi connectivity index (χ4n) is 1.59. The summed E-state index contributed by atoms with van der Waals surface area (Å²) in [6, 6.07) is 0.510. The maximum atomic E-state index is 8.62. The molecule has 2 nitrogen and oxygen atoms in total. The van der Waals surface area contributed by atoms with Gasteiger partial charge in [0.05, 0.1) is 6.26 Å². The van der Waals surface area contributed by atoms with Gasteiger partial charge in [0.2, 0.25) is 0 Å². The van der Waals surface area contributed by atoms with E-state index in [0.717, 1.165) is 6.26 Å². The van der Waals surface area contributed by atoms with E-state index in [1.54, 1.807) is 0 Å². The Morgan fingerprint density at radius 2 is 2.25 bits per heavy atom. The zero-order chi connectivity index (χ0) is 8.97. The number of rotatable bonds is 3. The lowest BCUT2D eigenvalue weighted by Crippen LogP contribution is -2.27. The van der Waals surface area contributed by atoms with E-state index in [1.165, 1.54) is 19.4 Å². The van der Waals surface area contributed by atoms with Gasteiger partial charge in [0.25, 0.3) is 0 Å². The molecule has 2 atom stereocenters. The van der Waals surface area contributed by atoms with Gasteiger partial charge in [-0.05, 0) is 13.0 Å². The Balaban J connectivity index is 2.50. The van der Waals surface area contributed by atoms with Gasteiger partial charge in [-0.3, -0.25) is 0 Å². The highest BCUT2D eigenvalue weighted by Crippen LogP contribution is 2.11. The van der Waals surface area contributed by atoms with E-state index in [1.807, 2.05) is 6.08 Å². The average Bonchev–Trinajstić information content (AvgIpc) is 2.55. The molecular weight excluding hydrogens is 150 g/mol. The monoisotopic (exact) mass is 168 g/mol. The van der Waals surface area contributed by atoms with Crippen molar-refractivity contribution in [3.63, 3.8) is 0 Å². The summed E-state index contributed by atoms with van der Waals surface area (Å²) < 4.78 is 2.37. The van der Waals surface area contributed by atoms with Gasteiger partial charge in [-0.2, -0.15) is 0 Å². The summed E-state index contributed by atoms with van der Waals surface area (Å²) in [5.41, 5.74) is 0. The third-order valence-corrected chi connectivity index (χ3v) is 2.66. The lowest BCUT2D eigenvalue weighted by Gasteiger charge is -2.12. The van der Waals surface area contributed by atoms with Gasteiger partial charge in [0, 0.05) is 18.8 Å². The smallest absolute Gasteiger partial charge is 0.155 e. The van der Waals surface area contributed by atoms with Crippen LogP contribution >= 0.6 is 0 Å². The third-order valence-electron chi connectivity index (χ3n) is 2.66. The summed E-state index contributed by atoms with van der Waals surface area (Å²) in [6.07, 6.45) is 7.75. The van der Waals surface area contributed by atoms with Crippen molar-refractivity contribution in [2.75, 3.05) is 6.54 Å². The predicted molar refractivity (Wildman–Crippen MR) is 50.8 cm³/mol. The molecule has 0 saturated heterocycles. The average molecular weight is 168 g/mol. The molecule has 1 heterocycles. The molecule has 0 aliphatic carbocycles. The molecule has 1 aliphatic rings. The van der Waals surface area contributed by atoms with Gasteiger partial charge in [-0.1, -0.05) is 6.92 Å². The minimum atomic E-state index is 0.421. The molecule has 12 heavy (non-hydrogen) atoms. The van der Waals surface area contributed by atoms with Gasteiger partial charge >= 0.3 is 0 Å². The van der Waals surface area contributed by atoms with Crippen molar-refractivity contribution in [1.29, 1.82) is 0 Å². The maximum absolute atomic E-state index is 8.62. The van der Waals surface area contributed by atoms with E-state index >= 15 is 0 Å². The molecular formula is C10H18NO+. The molecule has 0 unspecified atom stereocenters. The number of nitrogens with zero attached hydrogens (tertiary/aromatic N) is 1. The first-order valence-corrected chi connectivity index (χ1v) is 4.65. The van der Waals surface area contributed by atoms with Crippen LogP contribution in [0.2, 0.25) is 0 Å². The van der Waals surface area contributed by atoms with Gasteiger partial charge in [0.1, 0.15) is 12.8 Å². The van der Waals surface area contributed by atoms with E-state index in [4.69, 9.17) is 5.11 Å². The van der Waals surface area contributed by atoms with Crippen LogP contribution in [-0.4, -0.2) is 28.5 Å². The number of aliphatic hydroxyl groups is 1. The van der Waals surface area contributed by atoms with Crippen LogP contribution in [-0.2, 0) is 0 Å². The number of hydrogen-bond donors (Lipinski definition) is 1. The SMILES string of the molecule is C[C@@H](/C=C/O)[C@H](C)[N+]1=CCCC1. The zero-order valence-electron chi connectivity index (χ0n) is 7.90. The van der Waals surface area contributed by atoms with Gasteiger partial charge in [-0.15, -0.1) is 0 Å². The Labute approximate surface area is 74.2 Å². The normalized spacial score (nSPS) is 22.7. The molecule has 0 aromatic rings. The molecule has 0 aromatic carbocycles. The van der Waals surface area contributed by atoms with Crippen LogP contribution < -0.4 is 0 Å². The highest BCUT2D eigenvalue weighted by molar-refractivity contribution is 5.52. The van der Waals surface area contributed by atoms with E-state index in [-0.39, 0.29) is 0 Å². The maximum Gasteiger partial charge on any atom is 0.155 e. The quantitative estimate of drug-likeness (QED) is 0.505. The van der Waals surface area contributed by atoms with E-state index < -0.39 is 0 Å². The first kappa shape index (κ1) is 9.30. The summed E-state index contributed by atoms with van der Waals surface area (Å²) >= 11 is 0.